The van der Waals surface area contributed by atoms with Gasteiger partial charge in [0, 0.05) is 24.8 Å². The number of ether oxygens (including phenoxy) is 1. The van der Waals surface area contributed by atoms with E-state index >= 15 is 0 Å². The van der Waals surface area contributed by atoms with Gasteiger partial charge >= 0.3 is 0 Å². The fourth-order valence-electron chi connectivity index (χ4n) is 2.19. The maximum absolute atomic E-state index is 11.8. The number of benzene rings is 2. The van der Waals surface area contributed by atoms with Crippen LogP contribution in [0.2, 0.25) is 0 Å². The molecule has 0 aromatic heterocycles. The Morgan fingerprint density at radius 3 is 2.67 bits per heavy atom. The third-order valence-corrected chi connectivity index (χ3v) is 3.42. The molecule has 0 aliphatic carbocycles. The standard InChI is InChI=1S/C17H20N2O2/c1-12-15(17(20)18-2)8-5-9-16(12)19-11-13-6-4-7-14(10-13)21-3/h4-10,19H,11H2,1-3H3,(H,18,20). The van der Waals surface area contributed by atoms with Crippen LogP contribution in [0.3, 0.4) is 0 Å². The van der Waals surface area contributed by atoms with Gasteiger partial charge in [-0.15, -0.1) is 0 Å². The molecule has 0 unspecified atom stereocenters. The second kappa shape index (κ2) is 6.79. The van der Waals surface area contributed by atoms with Crippen LogP contribution in [0.5, 0.6) is 5.75 Å². The van der Waals surface area contributed by atoms with Gasteiger partial charge in [0.2, 0.25) is 0 Å². The van der Waals surface area contributed by atoms with E-state index in [9.17, 15) is 4.79 Å². The van der Waals surface area contributed by atoms with Gasteiger partial charge in [-0.25, -0.2) is 0 Å². The maximum Gasteiger partial charge on any atom is 0.251 e. The van der Waals surface area contributed by atoms with Crippen molar-refractivity contribution in [1.29, 1.82) is 0 Å². The quantitative estimate of drug-likeness (QED) is 0.887. The molecule has 0 spiro atoms. The molecule has 4 nitrogen and oxygen atoms in total. The van der Waals surface area contributed by atoms with Gasteiger partial charge in [0.15, 0.2) is 0 Å². The Labute approximate surface area is 125 Å². The van der Waals surface area contributed by atoms with Crippen LogP contribution in [0, 0.1) is 6.92 Å². The van der Waals surface area contributed by atoms with Gasteiger partial charge in [-0.3, -0.25) is 4.79 Å². The van der Waals surface area contributed by atoms with Crippen molar-refractivity contribution in [3.8, 4) is 5.75 Å². The molecular weight excluding hydrogens is 264 g/mol. The number of rotatable bonds is 5. The normalized spacial score (nSPS) is 10.0. The Bertz CT molecular complexity index is 638. The van der Waals surface area contributed by atoms with Gasteiger partial charge in [0.05, 0.1) is 7.11 Å². The average molecular weight is 284 g/mol. The Hall–Kier alpha value is -2.49. The van der Waals surface area contributed by atoms with Crippen molar-refractivity contribution >= 4 is 11.6 Å². The highest BCUT2D eigenvalue weighted by molar-refractivity contribution is 5.96. The third-order valence-electron chi connectivity index (χ3n) is 3.42. The molecule has 2 aromatic carbocycles. The van der Waals surface area contributed by atoms with E-state index in [0.29, 0.717) is 12.1 Å². The van der Waals surface area contributed by atoms with Crippen LogP contribution in [-0.2, 0) is 6.54 Å². The number of hydrogen-bond acceptors (Lipinski definition) is 3. The average Bonchev–Trinajstić information content (AvgIpc) is 2.53. The summed E-state index contributed by atoms with van der Waals surface area (Å²) in [5, 5.41) is 6.02. The first-order chi connectivity index (χ1) is 10.2. The summed E-state index contributed by atoms with van der Waals surface area (Å²) < 4.78 is 5.22. The number of nitrogens with one attached hydrogen (secondary N) is 2. The highest BCUT2D eigenvalue weighted by Crippen LogP contribution is 2.20. The van der Waals surface area contributed by atoms with E-state index in [2.05, 4.69) is 10.6 Å². The zero-order valence-corrected chi connectivity index (χ0v) is 12.6. The van der Waals surface area contributed by atoms with Gasteiger partial charge in [0.25, 0.3) is 5.91 Å². The van der Waals surface area contributed by atoms with E-state index in [-0.39, 0.29) is 5.91 Å². The maximum atomic E-state index is 11.8. The number of methoxy groups -OCH3 is 1. The van der Waals surface area contributed by atoms with Crippen LogP contribution in [-0.4, -0.2) is 20.1 Å². The Morgan fingerprint density at radius 2 is 1.95 bits per heavy atom. The van der Waals surface area contributed by atoms with Crippen molar-refractivity contribution in [3.63, 3.8) is 0 Å². The predicted molar refractivity (Wildman–Crippen MR) is 84.9 cm³/mol. The summed E-state index contributed by atoms with van der Waals surface area (Å²) in [4.78, 5) is 11.8. The molecule has 0 aliphatic rings. The van der Waals surface area contributed by atoms with Gasteiger partial charge < -0.3 is 15.4 Å². The molecule has 0 saturated carbocycles. The molecule has 0 saturated heterocycles. The summed E-state index contributed by atoms with van der Waals surface area (Å²) in [5.41, 5.74) is 3.71. The summed E-state index contributed by atoms with van der Waals surface area (Å²) in [6.45, 7) is 2.62. The molecule has 2 aromatic rings. The van der Waals surface area contributed by atoms with E-state index < -0.39 is 0 Å². The van der Waals surface area contributed by atoms with E-state index in [1.807, 2.05) is 49.4 Å². The summed E-state index contributed by atoms with van der Waals surface area (Å²) in [7, 11) is 3.29. The monoisotopic (exact) mass is 284 g/mol. The van der Waals surface area contributed by atoms with Crippen LogP contribution in [0.4, 0.5) is 5.69 Å². The summed E-state index contributed by atoms with van der Waals surface area (Å²) in [5.74, 6) is 0.766. The largest absolute Gasteiger partial charge is 0.497 e. The van der Waals surface area contributed by atoms with Crippen molar-refractivity contribution in [3.05, 3.63) is 59.2 Å². The molecular formula is C17H20N2O2. The van der Waals surface area contributed by atoms with Crippen LogP contribution in [0.25, 0.3) is 0 Å². The molecule has 2 N–H and O–H groups in total. The van der Waals surface area contributed by atoms with Crippen molar-refractivity contribution in [2.75, 3.05) is 19.5 Å². The van der Waals surface area contributed by atoms with Gasteiger partial charge in [-0.05, 0) is 42.3 Å². The molecule has 0 atom stereocenters. The van der Waals surface area contributed by atoms with E-state index in [4.69, 9.17) is 4.74 Å². The second-order valence-electron chi connectivity index (χ2n) is 4.76. The zero-order chi connectivity index (χ0) is 15.2. The van der Waals surface area contributed by atoms with Crippen molar-refractivity contribution < 1.29 is 9.53 Å². The van der Waals surface area contributed by atoms with Crippen LogP contribution < -0.4 is 15.4 Å². The molecule has 0 fully saturated rings. The van der Waals surface area contributed by atoms with Gasteiger partial charge in [-0.2, -0.15) is 0 Å². The number of anilines is 1. The number of amides is 1. The highest BCUT2D eigenvalue weighted by Gasteiger charge is 2.09. The number of carbonyl (C=O) groups excluding carboxylic acids is 1. The zero-order valence-electron chi connectivity index (χ0n) is 12.6. The Balaban J connectivity index is 2.14. The lowest BCUT2D eigenvalue weighted by atomic mass is 10.1. The summed E-state index contributed by atoms with van der Waals surface area (Å²) in [6, 6.07) is 13.6. The van der Waals surface area contributed by atoms with E-state index in [1.165, 1.54) is 0 Å². The molecule has 1 amide bonds. The first-order valence-electron chi connectivity index (χ1n) is 6.84. The first kappa shape index (κ1) is 14.9. The van der Waals surface area contributed by atoms with Crippen LogP contribution in [0.15, 0.2) is 42.5 Å². The lowest BCUT2D eigenvalue weighted by molar-refractivity contribution is 0.0962. The minimum atomic E-state index is -0.0717. The van der Waals surface area contributed by atoms with Gasteiger partial charge in [0.1, 0.15) is 5.75 Å². The lowest BCUT2D eigenvalue weighted by Gasteiger charge is -2.13. The van der Waals surface area contributed by atoms with Crippen molar-refractivity contribution in [1.82, 2.24) is 5.32 Å². The van der Waals surface area contributed by atoms with E-state index in [1.54, 1.807) is 14.2 Å². The van der Waals surface area contributed by atoms with Crippen LogP contribution >= 0.6 is 0 Å². The summed E-state index contributed by atoms with van der Waals surface area (Å²) >= 11 is 0. The Morgan fingerprint density at radius 1 is 1.19 bits per heavy atom. The molecule has 0 aliphatic heterocycles. The number of hydrogen-bond donors (Lipinski definition) is 2. The fourth-order valence-corrected chi connectivity index (χ4v) is 2.19. The topological polar surface area (TPSA) is 50.4 Å². The molecule has 0 radical (unpaired) electrons. The first-order valence-corrected chi connectivity index (χ1v) is 6.84. The molecule has 0 bridgehead atoms. The molecule has 21 heavy (non-hydrogen) atoms. The van der Waals surface area contributed by atoms with E-state index in [0.717, 1.165) is 22.6 Å². The van der Waals surface area contributed by atoms with Gasteiger partial charge in [-0.1, -0.05) is 18.2 Å². The number of carbonyl (C=O) groups is 1. The minimum Gasteiger partial charge on any atom is -0.497 e. The minimum absolute atomic E-state index is 0.0717. The smallest absolute Gasteiger partial charge is 0.251 e. The fraction of sp³-hybridized carbons (Fsp3) is 0.235. The molecule has 110 valence electrons. The van der Waals surface area contributed by atoms with Crippen LogP contribution in [0.1, 0.15) is 21.5 Å². The molecule has 4 heteroatoms. The Kier molecular flexibility index (Phi) is 4.82. The lowest BCUT2D eigenvalue weighted by Crippen LogP contribution is -2.19. The SMILES string of the molecule is CNC(=O)c1cccc(NCc2cccc(OC)c2)c1C. The van der Waals surface area contributed by atoms with Crippen molar-refractivity contribution in [2.24, 2.45) is 0 Å². The molecule has 2 rings (SSSR count). The highest BCUT2D eigenvalue weighted by atomic mass is 16.5. The predicted octanol–water partition coefficient (Wildman–Crippen LogP) is 2.98. The molecule has 0 heterocycles. The van der Waals surface area contributed by atoms with Crippen molar-refractivity contribution in [2.45, 2.75) is 13.5 Å². The summed E-state index contributed by atoms with van der Waals surface area (Å²) in [6.07, 6.45) is 0. The second-order valence-corrected chi connectivity index (χ2v) is 4.76. The third kappa shape index (κ3) is 3.54.